The molecule has 1 amide bonds. The summed E-state index contributed by atoms with van der Waals surface area (Å²) in [7, 11) is 0. The second-order valence-electron chi connectivity index (χ2n) is 4.00. The van der Waals surface area contributed by atoms with Crippen LogP contribution in [0.15, 0.2) is 14.9 Å². The molecule has 22 heavy (non-hydrogen) atoms. The molecule has 0 atom stereocenters. The number of halogens is 2. The first-order valence-corrected chi connectivity index (χ1v) is 9.75. The van der Waals surface area contributed by atoms with E-state index >= 15 is 0 Å². The van der Waals surface area contributed by atoms with Gasteiger partial charge in [0.1, 0.15) is 0 Å². The molecule has 118 valence electrons. The van der Waals surface area contributed by atoms with Gasteiger partial charge in [0.25, 0.3) is 0 Å². The molecular weight excluding hydrogens is 383 g/mol. The SMILES string of the molecule is CCSc1nnc(SCC(=O)Nc2ncc(Cl)c(C)c2Cl)s1. The minimum absolute atomic E-state index is 0.207. The summed E-state index contributed by atoms with van der Waals surface area (Å²) in [6, 6.07) is 0. The fourth-order valence-corrected chi connectivity index (χ4v) is 4.48. The van der Waals surface area contributed by atoms with Gasteiger partial charge in [-0.3, -0.25) is 4.79 Å². The molecule has 10 heteroatoms. The number of nitrogens with zero attached hydrogens (tertiary/aromatic N) is 3. The van der Waals surface area contributed by atoms with Gasteiger partial charge in [-0.05, 0) is 18.2 Å². The highest BCUT2D eigenvalue weighted by molar-refractivity contribution is 8.03. The van der Waals surface area contributed by atoms with Gasteiger partial charge in [-0.15, -0.1) is 10.2 Å². The third-order valence-corrected chi connectivity index (χ3v) is 6.36. The number of thioether (sulfide) groups is 2. The fraction of sp³-hybridized carbons (Fsp3) is 0.333. The van der Waals surface area contributed by atoms with Gasteiger partial charge in [0.2, 0.25) is 5.91 Å². The zero-order chi connectivity index (χ0) is 16.1. The van der Waals surface area contributed by atoms with Crippen LogP contribution in [0.2, 0.25) is 10.0 Å². The molecule has 0 spiro atoms. The average Bonchev–Trinajstić information content (AvgIpc) is 2.94. The summed E-state index contributed by atoms with van der Waals surface area (Å²) in [4.78, 5) is 16.0. The van der Waals surface area contributed by atoms with E-state index in [1.807, 2.05) is 0 Å². The van der Waals surface area contributed by atoms with Gasteiger partial charge in [0.05, 0.1) is 15.8 Å². The van der Waals surface area contributed by atoms with Crippen molar-refractivity contribution >= 4 is 69.8 Å². The Bertz CT molecular complexity index is 680. The van der Waals surface area contributed by atoms with E-state index in [2.05, 4.69) is 27.4 Å². The van der Waals surface area contributed by atoms with Gasteiger partial charge in [-0.25, -0.2) is 4.98 Å². The maximum atomic E-state index is 12.0. The zero-order valence-corrected chi connectivity index (χ0v) is 15.7. The lowest BCUT2D eigenvalue weighted by atomic mass is 10.3. The van der Waals surface area contributed by atoms with Crippen LogP contribution in [0.3, 0.4) is 0 Å². The predicted octanol–water partition coefficient (Wildman–Crippen LogP) is 4.39. The van der Waals surface area contributed by atoms with Crippen molar-refractivity contribution in [2.24, 2.45) is 0 Å². The lowest BCUT2D eigenvalue weighted by Gasteiger charge is -2.08. The van der Waals surface area contributed by atoms with Crippen molar-refractivity contribution < 1.29 is 4.79 Å². The Kier molecular flexibility index (Phi) is 6.76. The molecule has 0 aromatic carbocycles. The van der Waals surface area contributed by atoms with Crippen molar-refractivity contribution in [3.63, 3.8) is 0 Å². The molecule has 2 aromatic heterocycles. The highest BCUT2D eigenvalue weighted by atomic mass is 35.5. The molecule has 0 unspecified atom stereocenters. The normalized spacial score (nSPS) is 10.7. The summed E-state index contributed by atoms with van der Waals surface area (Å²) in [5.74, 6) is 1.26. The van der Waals surface area contributed by atoms with Gasteiger partial charge in [-0.1, -0.05) is 65.0 Å². The van der Waals surface area contributed by atoms with E-state index in [0.29, 0.717) is 21.4 Å². The lowest BCUT2D eigenvalue weighted by molar-refractivity contribution is -0.113. The van der Waals surface area contributed by atoms with Crippen LogP contribution in [0.4, 0.5) is 5.82 Å². The molecule has 0 aliphatic carbocycles. The number of carbonyl (C=O) groups is 1. The zero-order valence-electron chi connectivity index (χ0n) is 11.7. The first-order chi connectivity index (χ1) is 10.5. The molecule has 2 heterocycles. The van der Waals surface area contributed by atoms with Gasteiger partial charge >= 0.3 is 0 Å². The number of nitrogens with one attached hydrogen (secondary N) is 1. The Morgan fingerprint density at radius 3 is 2.68 bits per heavy atom. The second kappa shape index (κ2) is 8.35. The largest absolute Gasteiger partial charge is 0.309 e. The van der Waals surface area contributed by atoms with Crippen LogP contribution in [-0.2, 0) is 4.79 Å². The monoisotopic (exact) mass is 394 g/mol. The number of anilines is 1. The fourth-order valence-electron chi connectivity index (χ4n) is 1.38. The maximum Gasteiger partial charge on any atom is 0.236 e. The third-order valence-electron chi connectivity index (χ3n) is 2.44. The summed E-state index contributed by atoms with van der Waals surface area (Å²) in [6.07, 6.45) is 1.46. The first kappa shape index (κ1) is 17.8. The average molecular weight is 395 g/mol. The Morgan fingerprint density at radius 1 is 1.32 bits per heavy atom. The number of hydrogen-bond donors (Lipinski definition) is 1. The quantitative estimate of drug-likeness (QED) is 0.732. The molecule has 2 aromatic rings. The summed E-state index contributed by atoms with van der Waals surface area (Å²) >= 11 is 16.5. The van der Waals surface area contributed by atoms with Gasteiger partial charge in [0, 0.05) is 6.20 Å². The number of amides is 1. The Labute approximate surface area is 150 Å². The summed E-state index contributed by atoms with van der Waals surface area (Å²) in [5.41, 5.74) is 0.687. The van der Waals surface area contributed by atoms with Crippen molar-refractivity contribution in [3.05, 3.63) is 21.8 Å². The summed E-state index contributed by atoms with van der Waals surface area (Å²) in [6.45, 7) is 3.82. The molecule has 0 saturated carbocycles. The van der Waals surface area contributed by atoms with Crippen LogP contribution in [0.1, 0.15) is 12.5 Å². The van der Waals surface area contributed by atoms with E-state index in [4.69, 9.17) is 23.2 Å². The van der Waals surface area contributed by atoms with E-state index in [9.17, 15) is 4.79 Å². The van der Waals surface area contributed by atoms with Crippen LogP contribution in [0.5, 0.6) is 0 Å². The van der Waals surface area contributed by atoms with Crippen molar-refractivity contribution in [1.82, 2.24) is 15.2 Å². The van der Waals surface area contributed by atoms with Crippen LogP contribution < -0.4 is 5.32 Å². The summed E-state index contributed by atoms with van der Waals surface area (Å²) < 4.78 is 1.67. The smallest absolute Gasteiger partial charge is 0.236 e. The molecular formula is C12H12Cl2N4OS3. The molecule has 0 aliphatic rings. The molecule has 0 bridgehead atoms. The molecule has 0 radical (unpaired) electrons. The highest BCUT2D eigenvalue weighted by Gasteiger charge is 2.13. The number of carbonyl (C=O) groups excluding carboxylic acids is 1. The molecule has 0 saturated heterocycles. The van der Waals surface area contributed by atoms with Crippen LogP contribution >= 0.6 is 58.1 Å². The van der Waals surface area contributed by atoms with Crippen molar-refractivity contribution in [2.45, 2.75) is 22.5 Å². The van der Waals surface area contributed by atoms with E-state index in [0.717, 1.165) is 14.4 Å². The minimum atomic E-state index is -0.207. The van der Waals surface area contributed by atoms with Crippen molar-refractivity contribution in [2.75, 3.05) is 16.8 Å². The van der Waals surface area contributed by atoms with Crippen LogP contribution in [0.25, 0.3) is 0 Å². The van der Waals surface area contributed by atoms with E-state index in [1.165, 1.54) is 29.3 Å². The molecule has 0 fully saturated rings. The van der Waals surface area contributed by atoms with E-state index in [1.54, 1.807) is 18.7 Å². The maximum absolute atomic E-state index is 12.0. The number of pyridine rings is 1. The lowest BCUT2D eigenvalue weighted by Crippen LogP contribution is -2.15. The molecule has 0 aliphatic heterocycles. The Hall–Kier alpha value is -0.540. The van der Waals surface area contributed by atoms with Crippen molar-refractivity contribution in [3.8, 4) is 0 Å². The number of rotatable bonds is 6. The van der Waals surface area contributed by atoms with Gasteiger partial charge < -0.3 is 5.32 Å². The van der Waals surface area contributed by atoms with Crippen LogP contribution in [0, 0.1) is 6.92 Å². The number of aromatic nitrogens is 3. The Balaban J connectivity index is 1.91. The summed E-state index contributed by atoms with van der Waals surface area (Å²) in [5, 5.41) is 11.5. The number of hydrogen-bond acceptors (Lipinski definition) is 7. The Morgan fingerprint density at radius 2 is 2.00 bits per heavy atom. The highest BCUT2D eigenvalue weighted by Crippen LogP contribution is 2.30. The first-order valence-electron chi connectivity index (χ1n) is 6.20. The standard InChI is InChI=1S/C12H12Cl2N4OS3/c1-3-20-11-17-18-12(22-11)21-5-8(19)16-10-9(14)6(2)7(13)4-15-10/h4H,3,5H2,1-2H3,(H,15,16,19). The predicted molar refractivity (Wildman–Crippen MR) is 94.7 cm³/mol. The second-order valence-corrected chi connectivity index (χ2v) is 8.49. The van der Waals surface area contributed by atoms with Crippen molar-refractivity contribution in [1.29, 1.82) is 0 Å². The molecule has 5 nitrogen and oxygen atoms in total. The van der Waals surface area contributed by atoms with Gasteiger partial charge in [0.15, 0.2) is 14.5 Å². The molecule has 1 N–H and O–H groups in total. The third kappa shape index (κ3) is 4.73. The molecule has 2 rings (SSSR count). The van der Waals surface area contributed by atoms with E-state index in [-0.39, 0.29) is 11.7 Å². The van der Waals surface area contributed by atoms with Gasteiger partial charge in [-0.2, -0.15) is 0 Å². The minimum Gasteiger partial charge on any atom is -0.309 e. The van der Waals surface area contributed by atoms with Crippen LogP contribution in [-0.4, -0.2) is 32.6 Å². The van der Waals surface area contributed by atoms with E-state index < -0.39 is 0 Å². The topological polar surface area (TPSA) is 67.8 Å².